The van der Waals surface area contributed by atoms with Gasteiger partial charge in [0.15, 0.2) is 0 Å². The summed E-state index contributed by atoms with van der Waals surface area (Å²) in [6.07, 6.45) is 0. The Morgan fingerprint density at radius 3 is 2.38 bits per heavy atom. The zero-order valence-corrected chi connectivity index (χ0v) is 12.9. The highest BCUT2D eigenvalue weighted by molar-refractivity contribution is 9.12. The molecule has 0 aromatic carbocycles. The number of alkyl halides is 1. The van der Waals surface area contributed by atoms with Gasteiger partial charge in [0.2, 0.25) is 0 Å². The van der Waals surface area contributed by atoms with Crippen molar-refractivity contribution in [2.45, 2.75) is 13.8 Å². The second kappa shape index (κ2) is 5.10. The van der Waals surface area contributed by atoms with Crippen molar-refractivity contribution in [2.75, 3.05) is 5.33 Å². The molecule has 0 saturated heterocycles. The molecule has 1 aromatic heterocycles. The Labute approximate surface area is 108 Å². The summed E-state index contributed by atoms with van der Waals surface area (Å²) in [7, 11) is 0. The minimum Gasteiger partial charge on any atom is -0.121 e. The first-order chi connectivity index (χ1) is 6.06. The Kier molecular flexibility index (Phi) is 4.69. The minimum absolute atomic E-state index is 0.929. The molecule has 0 aliphatic heterocycles. The molecule has 0 fully saturated rings. The van der Waals surface area contributed by atoms with E-state index >= 15 is 0 Å². The fraction of sp³-hybridized carbons (Fsp3) is 0.333. The molecular weight excluding hydrogens is 380 g/mol. The molecule has 0 nitrogen and oxygen atoms in total. The van der Waals surface area contributed by atoms with E-state index in [0.717, 1.165) is 9.12 Å². The van der Waals surface area contributed by atoms with Gasteiger partial charge in [0, 0.05) is 10.9 Å². The van der Waals surface area contributed by atoms with Crippen LogP contribution in [0.15, 0.2) is 19.2 Å². The highest BCUT2D eigenvalue weighted by atomic mass is 79.9. The van der Waals surface area contributed by atoms with E-state index in [1.54, 1.807) is 11.3 Å². The van der Waals surface area contributed by atoms with E-state index in [9.17, 15) is 0 Å². The van der Waals surface area contributed by atoms with E-state index in [1.165, 1.54) is 20.5 Å². The Balaban J connectivity index is 3.15. The number of hydrogen-bond acceptors (Lipinski definition) is 1. The van der Waals surface area contributed by atoms with Crippen molar-refractivity contribution in [3.05, 3.63) is 24.8 Å². The molecule has 0 aliphatic carbocycles. The largest absolute Gasteiger partial charge is 0.121 e. The van der Waals surface area contributed by atoms with Crippen LogP contribution in [0.2, 0.25) is 0 Å². The molecular formula is C9H9Br3S. The molecule has 0 atom stereocenters. The lowest BCUT2D eigenvalue weighted by molar-refractivity contribution is 1.39. The number of thiophene rings is 1. The van der Waals surface area contributed by atoms with E-state index in [4.69, 9.17) is 0 Å². The van der Waals surface area contributed by atoms with Crippen LogP contribution in [0.5, 0.6) is 0 Å². The normalized spacial score (nSPS) is 13.0. The van der Waals surface area contributed by atoms with E-state index in [0.29, 0.717) is 0 Å². The van der Waals surface area contributed by atoms with Gasteiger partial charge in [-0.05, 0) is 57.3 Å². The predicted octanol–water partition coefficient (Wildman–Crippen LogP) is 5.46. The summed E-state index contributed by atoms with van der Waals surface area (Å²) < 4.78 is 2.35. The summed E-state index contributed by atoms with van der Waals surface area (Å²) in [4.78, 5) is 0. The highest BCUT2D eigenvalue weighted by Gasteiger charge is 2.08. The van der Waals surface area contributed by atoms with Crippen molar-refractivity contribution in [3.8, 4) is 0 Å². The van der Waals surface area contributed by atoms with Crippen molar-refractivity contribution < 1.29 is 0 Å². The molecule has 0 bridgehead atoms. The van der Waals surface area contributed by atoms with Gasteiger partial charge in [0.05, 0.1) is 7.57 Å². The lowest BCUT2D eigenvalue weighted by Crippen LogP contribution is -1.84. The van der Waals surface area contributed by atoms with Crippen LogP contribution in [0.1, 0.15) is 19.4 Å². The molecule has 0 N–H and O–H groups in total. The number of hydrogen-bond donors (Lipinski definition) is 0. The van der Waals surface area contributed by atoms with Gasteiger partial charge in [0.1, 0.15) is 0 Å². The van der Waals surface area contributed by atoms with Crippen molar-refractivity contribution in [1.29, 1.82) is 0 Å². The average Bonchev–Trinajstić information content (AvgIpc) is 2.42. The lowest BCUT2D eigenvalue weighted by Gasteiger charge is -2.03. The van der Waals surface area contributed by atoms with E-state index in [1.807, 2.05) is 0 Å². The van der Waals surface area contributed by atoms with Crippen LogP contribution < -0.4 is 0 Å². The lowest BCUT2D eigenvalue weighted by atomic mass is 10.1. The van der Waals surface area contributed by atoms with Crippen LogP contribution in [0.4, 0.5) is 0 Å². The van der Waals surface area contributed by atoms with Crippen LogP contribution in [-0.2, 0) is 0 Å². The smallest absolute Gasteiger partial charge is 0.0785 e. The maximum atomic E-state index is 3.55. The van der Waals surface area contributed by atoms with Crippen molar-refractivity contribution in [1.82, 2.24) is 0 Å². The summed E-state index contributed by atoms with van der Waals surface area (Å²) in [5, 5.41) is 0.929. The molecule has 1 rings (SSSR count). The monoisotopic (exact) mass is 386 g/mol. The van der Waals surface area contributed by atoms with Crippen molar-refractivity contribution >= 4 is 64.7 Å². The van der Waals surface area contributed by atoms with Crippen LogP contribution in [0.3, 0.4) is 0 Å². The van der Waals surface area contributed by atoms with Gasteiger partial charge in [-0.1, -0.05) is 21.5 Å². The summed E-state index contributed by atoms with van der Waals surface area (Å²) in [6, 6.07) is 2.15. The van der Waals surface area contributed by atoms with Crippen LogP contribution >= 0.6 is 59.1 Å². The zero-order valence-electron chi connectivity index (χ0n) is 7.33. The number of allylic oxidation sites excluding steroid dienone is 2. The molecule has 13 heavy (non-hydrogen) atoms. The average molecular weight is 389 g/mol. The topological polar surface area (TPSA) is 0 Å². The fourth-order valence-corrected chi connectivity index (χ4v) is 4.32. The van der Waals surface area contributed by atoms with E-state index in [2.05, 4.69) is 67.7 Å². The van der Waals surface area contributed by atoms with E-state index < -0.39 is 0 Å². The standard InChI is InChI=1S/C9H9Br3S/c1-5(4-10)6(2)7-3-8(11)13-9(7)12/h3H,4H2,1-2H3/b6-5-. The Bertz CT molecular complexity index is 339. The molecule has 72 valence electrons. The minimum atomic E-state index is 0.929. The molecule has 0 aliphatic rings. The van der Waals surface area contributed by atoms with Gasteiger partial charge >= 0.3 is 0 Å². The molecule has 0 radical (unpaired) electrons. The van der Waals surface area contributed by atoms with Gasteiger partial charge in [-0.3, -0.25) is 0 Å². The second-order valence-electron chi connectivity index (χ2n) is 2.78. The Hall–Kier alpha value is 0.880. The molecule has 0 amide bonds. The molecule has 0 spiro atoms. The predicted molar refractivity (Wildman–Crippen MR) is 71.8 cm³/mol. The molecule has 4 heteroatoms. The molecule has 1 heterocycles. The van der Waals surface area contributed by atoms with Crippen LogP contribution in [0.25, 0.3) is 5.57 Å². The maximum absolute atomic E-state index is 3.55. The summed E-state index contributed by atoms with van der Waals surface area (Å²) >= 11 is 12.2. The Morgan fingerprint density at radius 2 is 2.00 bits per heavy atom. The highest BCUT2D eigenvalue weighted by Crippen LogP contribution is 2.36. The second-order valence-corrected chi connectivity index (χ2v) is 7.09. The van der Waals surface area contributed by atoms with Crippen LogP contribution in [-0.4, -0.2) is 5.33 Å². The zero-order chi connectivity index (χ0) is 10.0. The third-order valence-corrected chi connectivity index (χ3v) is 5.08. The third-order valence-electron chi connectivity index (χ3n) is 1.90. The first-order valence-corrected chi connectivity index (χ1v) is 7.26. The molecule has 0 saturated carbocycles. The summed E-state index contributed by atoms with van der Waals surface area (Å²) in [6.45, 7) is 4.29. The van der Waals surface area contributed by atoms with Gasteiger partial charge < -0.3 is 0 Å². The summed E-state index contributed by atoms with van der Waals surface area (Å²) in [5.74, 6) is 0. The van der Waals surface area contributed by atoms with Crippen LogP contribution in [0, 0.1) is 0 Å². The molecule has 1 aromatic rings. The number of halogens is 3. The maximum Gasteiger partial charge on any atom is 0.0785 e. The SMILES string of the molecule is C/C(CBr)=C(\C)c1cc(Br)sc1Br. The van der Waals surface area contributed by atoms with Crippen molar-refractivity contribution in [3.63, 3.8) is 0 Å². The fourth-order valence-electron chi connectivity index (χ4n) is 0.926. The summed E-state index contributed by atoms with van der Waals surface area (Å²) in [5.41, 5.74) is 3.99. The molecule has 0 unspecified atom stereocenters. The first kappa shape index (κ1) is 12.0. The quantitative estimate of drug-likeness (QED) is 0.590. The van der Waals surface area contributed by atoms with E-state index in [-0.39, 0.29) is 0 Å². The Morgan fingerprint density at radius 1 is 1.38 bits per heavy atom. The van der Waals surface area contributed by atoms with Gasteiger partial charge in [0.25, 0.3) is 0 Å². The first-order valence-electron chi connectivity index (χ1n) is 3.73. The van der Waals surface area contributed by atoms with Gasteiger partial charge in [-0.15, -0.1) is 11.3 Å². The number of rotatable bonds is 2. The third kappa shape index (κ3) is 2.91. The van der Waals surface area contributed by atoms with Gasteiger partial charge in [-0.25, -0.2) is 0 Å². The van der Waals surface area contributed by atoms with Crippen molar-refractivity contribution in [2.24, 2.45) is 0 Å². The van der Waals surface area contributed by atoms with Gasteiger partial charge in [-0.2, -0.15) is 0 Å².